The molecule has 1 aliphatic rings. The molecule has 0 radical (unpaired) electrons. The first kappa shape index (κ1) is 13.1. The first-order chi connectivity index (χ1) is 8.61. The van der Waals surface area contributed by atoms with Gasteiger partial charge in [-0.25, -0.2) is 0 Å². The summed E-state index contributed by atoms with van der Waals surface area (Å²) in [6, 6.07) is 7.62. The van der Waals surface area contributed by atoms with E-state index in [1.54, 1.807) is 6.07 Å². The lowest BCUT2D eigenvalue weighted by Crippen LogP contribution is -2.34. The van der Waals surface area contributed by atoms with Crippen molar-refractivity contribution >= 4 is 5.91 Å². The molecule has 0 spiro atoms. The fraction of sp³-hybridized carbons (Fsp3) is 0.500. The predicted octanol–water partition coefficient (Wildman–Crippen LogP) is 0.988. The van der Waals surface area contributed by atoms with Gasteiger partial charge >= 0.3 is 0 Å². The highest BCUT2D eigenvalue weighted by molar-refractivity contribution is 5.92. The van der Waals surface area contributed by atoms with E-state index in [0.717, 1.165) is 25.1 Å². The molecule has 2 unspecified atom stereocenters. The number of carbonyl (C=O) groups is 1. The topological polar surface area (TPSA) is 66.6 Å². The number of aliphatic hydroxyl groups is 1. The molecule has 1 aromatic carbocycles. The van der Waals surface area contributed by atoms with Gasteiger partial charge in [0.1, 0.15) is 0 Å². The molecule has 1 amide bonds. The van der Waals surface area contributed by atoms with E-state index in [1.807, 2.05) is 18.2 Å². The number of hydrogen-bond donors (Lipinski definition) is 2. The molecule has 98 valence electrons. The molecule has 4 heteroatoms. The van der Waals surface area contributed by atoms with Gasteiger partial charge in [-0.2, -0.15) is 0 Å². The molecule has 3 N–H and O–H groups in total. The van der Waals surface area contributed by atoms with E-state index in [9.17, 15) is 9.90 Å². The molecule has 0 bridgehead atoms. The number of aliphatic hydroxyl groups excluding tert-OH is 1. The van der Waals surface area contributed by atoms with Crippen LogP contribution in [-0.2, 0) is 6.54 Å². The van der Waals surface area contributed by atoms with E-state index < -0.39 is 5.91 Å². The molecule has 2 atom stereocenters. The van der Waals surface area contributed by atoms with E-state index in [1.165, 1.54) is 0 Å². The Kier molecular flexibility index (Phi) is 3.99. The summed E-state index contributed by atoms with van der Waals surface area (Å²) in [6.45, 7) is 4.11. The molecular weight excluding hydrogens is 228 g/mol. The Hall–Kier alpha value is -1.39. The molecule has 1 aromatic rings. The van der Waals surface area contributed by atoms with Gasteiger partial charge in [-0.1, -0.05) is 19.1 Å². The van der Waals surface area contributed by atoms with Gasteiger partial charge < -0.3 is 10.8 Å². The van der Waals surface area contributed by atoms with Crippen LogP contribution in [-0.4, -0.2) is 35.1 Å². The van der Waals surface area contributed by atoms with Crippen LogP contribution >= 0.6 is 0 Å². The van der Waals surface area contributed by atoms with Crippen molar-refractivity contribution in [2.45, 2.75) is 25.9 Å². The molecule has 0 saturated carbocycles. The van der Waals surface area contributed by atoms with Gasteiger partial charge in [-0.15, -0.1) is 0 Å². The third-order valence-corrected chi connectivity index (χ3v) is 3.78. The lowest BCUT2D eigenvalue weighted by Gasteiger charge is -2.25. The fourth-order valence-corrected chi connectivity index (χ4v) is 2.64. The summed E-state index contributed by atoms with van der Waals surface area (Å²) in [6.07, 6.45) is 1.11. The highest BCUT2D eigenvalue weighted by atomic mass is 16.3. The number of hydrogen-bond acceptors (Lipinski definition) is 3. The van der Waals surface area contributed by atoms with E-state index in [0.29, 0.717) is 11.5 Å². The molecule has 1 saturated heterocycles. The number of likely N-dealkylation sites (tertiary alicyclic amines) is 1. The first-order valence-corrected chi connectivity index (χ1v) is 6.35. The molecule has 1 aliphatic heterocycles. The Morgan fingerprint density at radius 3 is 3.00 bits per heavy atom. The van der Waals surface area contributed by atoms with Crippen LogP contribution in [0.25, 0.3) is 0 Å². The van der Waals surface area contributed by atoms with Gasteiger partial charge in [-0.05, 0) is 36.6 Å². The number of amides is 1. The Morgan fingerprint density at radius 1 is 1.56 bits per heavy atom. The van der Waals surface area contributed by atoms with Crippen molar-refractivity contribution < 1.29 is 9.90 Å². The van der Waals surface area contributed by atoms with Gasteiger partial charge in [0.05, 0.1) is 6.61 Å². The van der Waals surface area contributed by atoms with Crippen LogP contribution in [0.1, 0.15) is 29.3 Å². The monoisotopic (exact) mass is 248 g/mol. The number of primary amides is 1. The van der Waals surface area contributed by atoms with Crippen LogP contribution in [0.15, 0.2) is 24.3 Å². The zero-order valence-corrected chi connectivity index (χ0v) is 10.7. The largest absolute Gasteiger partial charge is 0.395 e. The summed E-state index contributed by atoms with van der Waals surface area (Å²) in [5.74, 6) is 0.125. The minimum atomic E-state index is -0.398. The van der Waals surface area contributed by atoms with Gasteiger partial charge in [0.25, 0.3) is 0 Å². The number of nitrogens with two attached hydrogens (primary N) is 1. The maximum absolute atomic E-state index is 11.1. The van der Waals surface area contributed by atoms with Crippen molar-refractivity contribution in [3.8, 4) is 0 Å². The maximum Gasteiger partial charge on any atom is 0.248 e. The van der Waals surface area contributed by atoms with E-state index in [4.69, 9.17) is 5.73 Å². The van der Waals surface area contributed by atoms with E-state index in [2.05, 4.69) is 11.8 Å². The van der Waals surface area contributed by atoms with Crippen LogP contribution in [0, 0.1) is 5.92 Å². The van der Waals surface area contributed by atoms with Gasteiger partial charge in [0.2, 0.25) is 5.91 Å². The van der Waals surface area contributed by atoms with Gasteiger partial charge in [0.15, 0.2) is 0 Å². The Labute approximate surface area is 107 Å². The number of benzene rings is 1. The fourth-order valence-electron chi connectivity index (χ4n) is 2.64. The van der Waals surface area contributed by atoms with Crippen molar-refractivity contribution in [3.63, 3.8) is 0 Å². The summed E-state index contributed by atoms with van der Waals surface area (Å²) in [5.41, 5.74) is 6.88. The SMILES string of the molecule is CC1CCN(Cc2cccc(C(N)=O)c2)C1CO. The van der Waals surface area contributed by atoms with Crippen molar-refractivity contribution in [2.24, 2.45) is 11.7 Å². The molecule has 18 heavy (non-hydrogen) atoms. The van der Waals surface area contributed by atoms with E-state index >= 15 is 0 Å². The van der Waals surface area contributed by atoms with Gasteiger partial charge in [0, 0.05) is 18.2 Å². The van der Waals surface area contributed by atoms with Crippen molar-refractivity contribution in [3.05, 3.63) is 35.4 Å². The zero-order chi connectivity index (χ0) is 13.1. The lowest BCUT2D eigenvalue weighted by molar-refractivity contribution is 0.0999. The second-order valence-corrected chi connectivity index (χ2v) is 5.05. The molecule has 1 fully saturated rings. The highest BCUT2D eigenvalue weighted by Gasteiger charge is 2.30. The average Bonchev–Trinajstić information content (AvgIpc) is 2.70. The number of rotatable bonds is 4. The Bertz CT molecular complexity index is 434. The molecule has 0 aromatic heterocycles. The number of nitrogens with zero attached hydrogens (tertiary/aromatic N) is 1. The Morgan fingerprint density at radius 2 is 2.33 bits per heavy atom. The third kappa shape index (κ3) is 2.71. The summed E-state index contributed by atoms with van der Waals surface area (Å²) in [4.78, 5) is 13.4. The van der Waals surface area contributed by atoms with E-state index in [-0.39, 0.29) is 12.6 Å². The van der Waals surface area contributed by atoms with Crippen molar-refractivity contribution in [2.75, 3.05) is 13.2 Å². The maximum atomic E-state index is 11.1. The standard InChI is InChI=1S/C14H20N2O2/c1-10-5-6-16(13(10)9-17)8-11-3-2-4-12(7-11)14(15)18/h2-4,7,10,13,17H,5-6,8-9H2,1H3,(H2,15,18). The van der Waals surface area contributed by atoms with Crippen LogP contribution in [0.4, 0.5) is 0 Å². The normalized spacial score (nSPS) is 24.3. The first-order valence-electron chi connectivity index (χ1n) is 6.35. The number of carbonyl (C=O) groups excluding carboxylic acids is 1. The summed E-state index contributed by atoms with van der Waals surface area (Å²) in [7, 11) is 0. The summed E-state index contributed by atoms with van der Waals surface area (Å²) >= 11 is 0. The van der Waals surface area contributed by atoms with Gasteiger partial charge in [-0.3, -0.25) is 9.69 Å². The minimum absolute atomic E-state index is 0.191. The smallest absolute Gasteiger partial charge is 0.248 e. The van der Waals surface area contributed by atoms with Crippen molar-refractivity contribution in [1.82, 2.24) is 4.90 Å². The lowest BCUT2D eigenvalue weighted by atomic mass is 10.0. The Balaban J connectivity index is 2.09. The molecule has 1 heterocycles. The molecular formula is C14H20N2O2. The summed E-state index contributed by atoms with van der Waals surface area (Å²) < 4.78 is 0. The minimum Gasteiger partial charge on any atom is -0.395 e. The molecule has 0 aliphatic carbocycles. The molecule has 2 rings (SSSR count). The predicted molar refractivity (Wildman–Crippen MR) is 70.0 cm³/mol. The second kappa shape index (κ2) is 5.50. The zero-order valence-electron chi connectivity index (χ0n) is 10.7. The van der Waals surface area contributed by atoms with Crippen LogP contribution in [0.3, 0.4) is 0 Å². The second-order valence-electron chi connectivity index (χ2n) is 5.05. The summed E-state index contributed by atoms with van der Waals surface area (Å²) in [5, 5.41) is 9.41. The highest BCUT2D eigenvalue weighted by Crippen LogP contribution is 2.25. The average molecular weight is 248 g/mol. The third-order valence-electron chi connectivity index (χ3n) is 3.78. The van der Waals surface area contributed by atoms with Crippen LogP contribution in [0.2, 0.25) is 0 Å². The van der Waals surface area contributed by atoms with Crippen molar-refractivity contribution in [1.29, 1.82) is 0 Å². The van der Waals surface area contributed by atoms with Crippen LogP contribution in [0.5, 0.6) is 0 Å². The quantitative estimate of drug-likeness (QED) is 0.835. The van der Waals surface area contributed by atoms with Crippen LogP contribution < -0.4 is 5.73 Å². The molecule has 4 nitrogen and oxygen atoms in total.